The van der Waals surface area contributed by atoms with E-state index in [-0.39, 0.29) is 12.2 Å². The van der Waals surface area contributed by atoms with Gasteiger partial charge in [0.15, 0.2) is 11.8 Å². The standard InChI is InChI=1S/C20H23FN5O12P/c1-2-20(32)12(38-17(15(20)28)25-4-3-13(22)23-18(25)30)8-36-39(33,34)35-7-11-10(27)5-14(37-11)26-6-9(21)16(29)24-19(26)31/h1,3-4,6,10-12,14-15,17,27-28,32H,5,7-8H2,(H,33,34)(H2,22,23,30)(H,24,29,31)/t10-,11+,12-,14+,15+,17-,20-/m0/s1. The molecule has 2 aromatic rings. The van der Waals surface area contributed by atoms with E-state index >= 15 is 0 Å². The Morgan fingerprint density at radius 1 is 1.28 bits per heavy atom. The highest BCUT2D eigenvalue weighted by Gasteiger charge is 2.56. The number of aliphatic hydroxyl groups is 3. The van der Waals surface area contributed by atoms with Crippen LogP contribution in [0, 0.1) is 18.2 Å². The molecule has 4 heterocycles. The molecule has 4 rings (SSSR count). The molecule has 0 spiro atoms. The summed E-state index contributed by atoms with van der Waals surface area (Å²) in [5.74, 6) is 0.533. The van der Waals surface area contributed by atoms with E-state index in [2.05, 4.69) is 4.98 Å². The molecule has 8 atom stereocenters. The molecule has 0 saturated carbocycles. The molecule has 2 saturated heterocycles. The summed E-state index contributed by atoms with van der Waals surface area (Å²) in [6, 6.07) is 1.22. The molecule has 2 fully saturated rings. The fraction of sp³-hybridized carbons (Fsp3) is 0.500. The van der Waals surface area contributed by atoms with Gasteiger partial charge in [0.05, 0.1) is 25.5 Å². The highest BCUT2D eigenvalue weighted by atomic mass is 31.2. The lowest BCUT2D eigenvalue weighted by Gasteiger charge is -2.25. The lowest BCUT2D eigenvalue weighted by molar-refractivity contribution is -0.0683. The number of aromatic nitrogens is 4. The number of terminal acetylenes is 1. The molecule has 0 amide bonds. The first-order chi connectivity index (χ1) is 18.3. The summed E-state index contributed by atoms with van der Waals surface area (Å²) in [6.07, 6.45) is -2.09. The Kier molecular flexibility index (Phi) is 7.91. The number of aromatic amines is 1. The van der Waals surface area contributed by atoms with Crippen LogP contribution in [0.2, 0.25) is 0 Å². The van der Waals surface area contributed by atoms with Crippen molar-refractivity contribution >= 4 is 13.6 Å². The van der Waals surface area contributed by atoms with Crippen LogP contribution < -0.4 is 22.7 Å². The molecule has 7 N–H and O–H groups in total. The third kappa shape index (κ3) is 5.72. The van der Waals surface area contributed by atoms with Gasteiger partial charge in [-0.15, -0.1) is 6.42 Å². The number of nitrogens with one attached hydrogen (secondary N) is 1. The predicted octanol–water partition coefficient (Wildman–Crippen LogP) is -3.08. The first kappa shape index (κ1) is 28.8. The minimum Gasteiger partial charge on any atom is -0.390 e. The molecule has 0 aromatic carbocycles. The monoisotopic (exact) mass is 575 g/mol. The number of nitrogens with two attached hydrogens (primary N) is 1. The fourth-order valence-corrected chi connectivity index (χ4v) is 4.75. The number of aliphatic hydroxyl groups excluding tert-OH is 2. The summed E-state index contributed by atoms with van der Waals surface area (Å²) in [5.41, 5.74) is -0.224. The normalized spacial score (nSPS) is 32.1. The van der Waals surface area contributed by atoms with Gasteiger partial charge in [-0.3, -0.25) is 28.0 Å². The highest BCUT2D eigenvalue weighted by molar-refractivity contribution is 7.47. The SMILES string of the molecule is C#C[C@]1(O)[C@H](COP(=O)(O)OC[C@H]2O[C@@H](n3cc(F)c(=O)[nH]c3=O)C[C@@H]2O)O[C@H](n2ccc(N)nc2=O)[C@H]1O. The lowest BCUT2D eigenvalue weighted by atomic mass is 9.93. The van der Waals surface area contributed by atoms with Crippen molar-refractivity contribution in [1.82, 2.24) is 19.1 Å². The van der Waals surface area contributed by atoms with E-state index in [4.69, 9.17) is 30.7 Å². The molecular formula is C20H23FN5O12P. The number of ether oxygens (including phenoxy) is 2. The lowest BCUT2D eigenvalue weighted by Crippen LogP contribution is -2.48. The van der Waals surface area contributed by atoms with E-state index in [1.165, 1.54) is 6.07 Å². The number of H-pyrrole nitrogens is 1. The maximum atomic E-state index is 13.6. The Morgan fingerprint density at radius 3 is 2.64 bits per heavy atom. The van der Waals surface area contributed by atoms with Crippen LogP contribution in [0.3, 0.4) is 0 Å². The first-order valence-electron chi connectivity index (χ1n) is 11.1. The topological polar surface area (TPSA) is 251 Å². The van der Waals surface area contributed by atoms with Gasteiger partial charge >= 0.3 is 19.2 Å². The molecule has 212 valence electrons. The zero-order valence-corrected chi connectivity index (χ0v) is 20.6. The minimum absolute atomic E-state index is 0.116. The average Bonchev–Trinajstić information content (AvgIpc) is 3.36. The number of nitrogens with zero attached hydrogens (tertiary/aromatic N) is 3. The zero-order valence-electron chi connectivity index (χ0n) is 19.7. The van der Waals surface area contributed by atoms with Gasteiger partial charge in [-0.25, -0.2) is 14.2 Å². The van der Waals surface area contributed by atoms with E-state index in [9.17, 15) is 43.6 Å². The molecule has 2 aromatic heterocycles. The van der Waals surface area contributed by atoms with Crippen molar-refractivity contribution in [2.45, 2.75) is 48.9 Å². The quantitative estimate of drug-likeness (QED) is 0.135. The van der Waals surface area contributed by atoms with Crippen LogP contribution in [0.25, 0.3) is 0 Å². The van der Waals surface area contributed by atoms with Crippen molar-refractivity contribution in [3.05, 3.63) is 55.6 Å². The Morgan fingerprint density at radius 2 is 1.97 bits per heavy atom. The van der Waals surface area contributed by atoms with Crippen LogP contribution in [0.5, 0.6) is 0 Å². The van der Waals surface area contributed by atoms with Gasteiger partial charge in [0.2, 0.25) is 5.82 Å². The molecule has 2 aliphatic heterocycles. The number of nitrogen functional groups attached to an aromatic ring is 1. The molecule has 19 heteroatoms. The number of phosphoric ester groups is 1. The summed E-state index contributed by atoms with van der Waals surface area (Å²) in [4.78, 5) is 50.5. The van der Waals surface area contributed by atoms with E-state index in [0.29, 0.717) is 10.8 Å². The number of hydrogen-bond donors (Lipinski definition) is 6. The van der Waals surface area contributed by atoms with Crippen molar-refractivity contribution in [3.8, 4) is 12.3 Å². The number of hydrogen-bond acceptors (Lipinski definition) is 13. The first-order valence-corrected chi connectivity index (χ1v) is 12.6. The Hall–Kier alpha value is -3.24. The van der Waals surface area contributed by atoms with Gasteiger partial charge in [0.25, 0.3) is 5.56 Å². The van der Waals surface area contributed by atoms with Crippen molar-refractivity contribution in [3.63, 3.8) is 0 Å². The van der Waals surface area contributed by atoms with E-state index in [1.54, 1.807) is 4.98 Å². The van der Waals surface area contributed by atoms with Crippen LogP contribution in [0.15, 0.2) is 32.8 Å². The molecule has 0 aliphatic carbocycles. The number of rotatable bonds is 8. The minimum atomic E-state index is -4.94. The number of anilines is 1. The highest BCUT2D eigenvalue weighted by Crippen LogP contribution is 2.46. The van der Waals surface area contributed by atoms with Gasteiger partial charge in [-0.05, 0) is 6.07 Å². The smallest absolute Gasteiger partial charge is 0.390 e. The van der Waals surface area contributed by atoms with Crippen molar-refractivity contribution in [1.29, 1.82) is 0 Å². The second-order valence-electron chi connectivity index (χ2n) is 8.61. The largest absolute Gasteiger partial charge is 0.472 e. The second-order valence-corrected chi connectivity index (χ2v) is 10.1. The molecular weight excluding hydrogens is 552 g/mol. The summed E-state index contributed by atoms with van der Waals surface area (Å²) in [7, 11) is -4.94. The summed E-state index contributed by atoms with van der Waals surface area (Å²) >= 11 is 0. The average molecular weight is 575 g/mol. The van der Waals surface area contributed by atoms with Gasteiger partial charge in [-0.1, -0.05) is 5.92 Å². The third-order valence-corrected chi connectivity index (χ3v) is 7.05. The molecule has 17 nitrogen and oxygen atoms in total. The fourth-order valence-electron chi connectivity index (χ4n) is 4.01. The number of phosphoric acid groups is 1. The van der Waals surface area contributed by atoms with Crippen molar-refractivity contribution in [2.75, 3.05) is 18.9 Å². The molecule has 39 heavy (non-hydrogen) atoms. The Bertz CT molecular complexity index is 1510. The van der Waals surface area contributed by atoms with E-state index in [1.807, 2.05) is 5.92 Å². The van der Waals surface area contributed by atoms with Crippen LogP contribution in [-0.2, 0) is 23.1 Å². The van der Waals surface area contributed by atoms with Crippen molar-refractivity contribution < 1.29 is 47.7 Å². The van der Waals surface area contributed by atoms with Gasteiger partial charge < -0.3 is 35.4 Å². The van der Waals surface area contributed by atoms with Crippen molar-refractivity contribution in [2.24, 2.45) is 0 Å². The maximum Gasteiger partial charge on any atom is 0.472 e. The maximum absolute atomic E-state index is 13.6. The van der Waals surface area contributed by atoms with E-state index in [0.717, 1.165) is 10.8 Å². The number of halogens is 1. The van der Waals surface area contributed by atoms with Crippen LogP contribution in [-0.4, -0.2) is 82.5 Å². The molecule has 2 aliphatic rings. The summed E-state index contributed by atoms with van der Waals surface area (Å²) in [6.45, 7) is -1.64. The van der Waals surface area contributed by atoms with Crippen LogP contribution in [0.1, 0.15) is 18.9 Å². The third-order valence-electron chi connectivity index (χ3n) is 6.10. The zero-order chi connectivity index (χ0) is 28.7. The summed E-state index contributed by atoms with van der Waals surface area (Å²) in [5, 5.41) is 31.5. The molecule has 0 bridgehead atoms. The molecule has 1 unspecified atom stereocenters. The summed E-state index contributed by atoms with van der Waals surface area (Å²) < 4.78 is 48.0. The van der Waals surface area contributed by atoms with Gasteiger partial charge in [0.1, 0.15) is 30.4 Å². The predicted molar refractivity (Wildman–Crippen MR) is 124 cm³/mol. The Labute approximate surface area is 216 Å². The van der Waals surface area contributed by atoms with Crippen LogP contribution >= 0.6 is 7.82 Å². The molecule has 0 radical (unpaired) electrons. The Balaban J connectivity index is 1.38. The van der Waals surface area contributed by atoms with Gasteiger partial charge in [0, 0.05) is 12.6 Å². The van der Waals surface area contributed by atoms with Crippen LogP contribution in [0.4, 0.5) is 10.2 Å². The second kappa shape index (κ2) is 10.7. The van der Waals surface area contributed by atoms with E-state index < -0.39 is 86.3 Å². The van der Waals surface area contributed by atoms with Gasteiger partial charge in [-0.2, -0.15) is 9.37 Å².